The molecular weight excluding hydrogens is 233 g/mol. The first kappa shape index (κ1) is 10.5. The number of hydrogen-bond acceptors (Lipinski definition) is 5. The van der Waals surface area contributed by atoms with Crippen LogP contribution in [0.5, 0.6) is 5.75 Å². The molecule has 1 amide bonds. The molecule has 16 heavy (non-hydrogen) atoms. The van der Waals surface area contributed by atoms with E-state index in [-0.39, 0.29) is 0 Å². The van der Waals surface area contributed by atoms with E-state index in [9.17, 15) is 14.3 Å². The Morgan fingerprint density at radius 2 is 2.31 bits per heavy atom. The average molecular weight is 239 g/mol. The number of rotatable bonds is 2. The van der Waals surface area contributed by atoms with Crippen LogP contribution in [0.15, 0.2) is 24.4 Å². The normalized spacial score (nSPS) is 10.1. The van der Waals surface area contributed by atoms with Crippen LogP contribution in [0, 0.1) is 5.82 Å². The number of benzene rings is 1. The van der Waals surface area contributed by atoms with Crippen molar-refractivity contribution in [2.75, 3.05) is 5.32 Å². The average Bonchev–Trinajstić information content (AvgIpc) is 2.70. The largest absolute Gasteiger partial charge is 0.507 e. The van der Waals surface area contributed by atoms with Crippen molar-refractivity contribution in [3.8, 4) is 5.75 Å². The topological polar surface area (TPSA) is 75.1 Å². The van der Waals surface area contributed by atoms with Gasteiger partial charge in [0.1, 0.15) is 22.1 Å². The van der Waals surface area contributed by atoms with E-state index in [2.05, 4.69) is 14.9 Å². The van der Waals surface area contributed by atoms with Crippen molar-refractivity contribution in [3.05, 3.63) is 35.8 Å². The summed E-state index contributed by atoms with van der Waals surface area (Å²) >= 11 is 0.960. The lowest BCUT2D eigenvalue weighted by molar-refractivity contribution is 0.102. The number of phenolic OH excluding ortho intramolecular Hbond substituents is 1. The van der Waals surface area contributed by atoms with Gasteiger partial charge in [-0.1, -0.05) is 10.6 Å². The van der Waals surface area contributed by atoms with Crippen molar-refractivity contribution in [1.29, 1.82) is 0 Å². The molecule has 0 aliphatic heterocycles. The third-order valence-electron chi connectivity index (χ3n) is 1.82. The van der Waals surface area contributed by atoms with Crippen molar-refractivity contribution in [2.24, 2.45) is 0 Å². The summed E-state index contributed by atoms with van der Waals surface area (Å²) in [6.07, 6.45) is 1.33. The molecule has 0 aliphatic rings. The number of amides is 1. The number of nitrogens with zero attached hydrogens (tertiary/aromatic N) is 2. The summed E-state index contributed by atoms with van der Waals surface area (Å²) in [4.78, 5) is 11.6. The molecule has 0 fully saturated rings. The third kappa shape index (κ3) is 1.98. The van der Waals surface area contributed by atoms with Gasteiger partial charge in [0, 0.05) is 11.5 Å². The Morgan fingerprint density at radius 1 is 1.50 bits per heavy atom. The van der Waals surface area contributed by atoms with Crippen LogP contribution in [0.2, 0.25) is 0 Å². The van der Waals surface area contributed by atoms with Gasteiger partial charge in [0.25, 0.3) is 5.91 Å². The van der Waals surface area contributed by atoms with Crippen LogP contribution in [-0.2, 0) is 0 Å². The molecule has 0 saturated heterocycles. The predicted octanol–water partition coefficient (Wildman–Crippen LogP) is 1.64. The van der Waals surface area contributed by atoms with E-state index in [1.54, 1.807) is 0 Å². The van der Waals surface area contributed by atoms with Crippen LogP contribution in [0.1, 0.15) is 10.4 Å². The number of nitrogens with one attached hydrogen (secondary N) is 1. The second-order valence-electron chi connectivity index (χ2n) is 2.87. The number of carbonyl (C=O) groups is 1. The highest BCUT2D eigenvalue weighted by atomic mass is 32.1. The van der Waals surface area contributed by atoms with Crippen LogP contribution < -0.4 is 5.32 Å². The maximum atomic E-state index is 13.3. The Balaban J connectivity index is 2.28. The van der Waals surface area contributed by atoms with E-state index in [0.717, 1.165) is 17.6 Å². The second-order valence-corrected chi connectivity index (χ2v) is 3.66. The number of hydrogen-bond donors (Lipinski definition) is 2. The predicted molar refractivity (Wildman–Crippen MR) is 55.9 cm³/mol. The first-order chi connectivity index (χ1) is 7.68. The summed E-state index contributed by atoms with van der Waals surface area (Å²) in [7, 11) is 0. The van der Waals surface area contributed by atoms with Gasteiger partial charge in [0.05, 0.1) is 6.20 Å². The van der Waals surface area contributed by atoms with Crippen LogP contribution in [0.25, 0.3) is 0 Å². The fourth-order valence-corrected chi connectivity index (χ4v) is 1.55. The molecular formula is C9H6FN3O2S. The summed E-state index contributed by atoms with van der Waals surface area (Å²) in [5.74, 6) is -1.92. The molecule has 0 atom stereocenters. The summed E-state index contributed by atoms with van der Waals surface area (Å²) < 4.78 is 16.8. The molecule has 1 aromatic heterocycles. The molecule has 2 rings (SSSR count). The van der Waals surface area contributed by atoms with Crippen LogP contribution >= 0.6 is 11.5 Å². The molecule has 1 heterocycles. The number of phenols is 1. The highest BCUT2D eigenvalue weighted by molar-refractivity contribution is 7.10. The Labute approximate surface area is 93.7 Å². The Hall–Kier alpha value is -2.02. The van der Waals surface area contributed by atoms with Gasteiger partial charge in [-0.15, -0.1) is 5.10 Å². The van der Waals surface area contributed by atoms with E-state index in [1.165, 1.54) is 18.3 Å². The zero-order chi connectivity index (χ0) is 11.5. The summed E-state index contributed by atoms with van der Waals surface area (Å²) in [6.45, 7) is 0. The number of aromatic hydroxyl groups is 1. The van der Waals surface area contributed by atoms with Gasteiger partial charge in [-0.2, -0.15) is 0 Å². The third-order valence-corrected chi connectivity index (χ3v) is 2.40. The fourth-order valence-electron chi connectivity index (χ4n) is 1.13. The minimum absolute atomic E-state index is 0.382. The molecule has 1 aromatic carbocycles. The van der Waals surface area contributed by atoms with Gasteiger partial charge in [-0.05, 0) is 12.1 Å². The second kappa shape index (κ2) is 4.23. The van der Waals surface area contributed by atoms with E-state index in [0.29, 0.717) is 5.00 Å². The molecule has 0 aliphatic carbocycles. The molecule has 0 bridgehead atoms. The molecule has 0 unspecified atom stereocenters. The first-order valence-electron chi connectivity index (χ1n) is 4.24. The summed E-state index contributed by atoms with van der Waals surface area (Å²) in [6, 6.07) is 3.65. The minimum Gasteiger partial charge on any atom is -0.507 e. The molecule has 82 valence electrons. The minimum atomic E-state index is -0.782. The maximum absolute atomic E-state index is 13.3. The molecule has 2 N–H and O–H groups in total. The smallest absolute Gasteiger partial charge is 0.263 e. The van der Waals surface area contributed by atoms with Crippen molar-refractivity contribution in [3.63, 3.8) is 0 Å². The van der Waals surface area contributed by atoms with Crippen LogP contribution in [-0.4, -0.2) is 20.6 Å². The molecule has 0 spiro atoms. The highest BCUT2D eigenvalue weighted by Gasteiger charge is 2.16. The Morgan fingerprint density at radius 3 is 2.94 bits per heavy atom. The van der Waals surface area contributed by atoms with E-state index in [4.69, 9.17) is 0 Å². The Kier molecular flexibility index (Phi) is 2.78. The summed E-state index contributed by atoms with van der Waals surface area (Å²) in [5, 5.41) is 15.6. The fraction of sp³-hybridized carbons (Fsp3) is 0. The van der Waals surface area contributed by atoms with E-state index < -0.39 is 23.0 Å². The summed E-state index contributed by atoms with van der Waals surface area (Å²) in [5.41, 5.74) is -0.393. The van der Waals surface area contributed by atoms with E-state index >= 15 is 0 Å². The van der Waals surface area contributed by atoms with Crippen LogP contribution in [0.4, 0.5) is 9.39 Å². The lowest BCUT2D eigenvalue weighted by Gasteiger charge is -2.04. The SMILES string of the molecule is O=C(Nc1cnns1)c1c(O)cccc1F. The van der Waals surface area contributed by atoms with Gasteiger partial charge in [0.15, 0.2) is 0 Å². The molecule has 2 aromatic rings. The molecule has 7 heteroatoms. The highest BCUT2D eigenvalue weighted by Crippen LogP contribution is 2.21. The van der Waals surface area contributed by atoms with Gasteiger partial charge < -0.3 is 10.4 Å². The maximum Gasteiger partial charge on any atom is 0.263 e. The van der Waals surface area contributed by atoms with Crippen LogP contribution in [0.3, 0.4) is 0 Å². The zero-order valence-electron chi connectivity index (χ0n) is 7.85. The van der Waals surface area contributed by atoms with Crippen molar-refractivity contribution < 1.29 is 14.3 Å². The van der Waals surface area contributed by atoms with Crippen molar-refractivity contribution in [1.82, 2.24) is 9.59 Å². The number of carbonyl (C=O) groups excluding carboxylic acids is 1. The van der Waals surface area contributed by atoms with Gasteiger partial charge in [0.2, 0.25) is 0 Å². The van der Waals surface area contributed by atoms with E-state index in [1.807, 2.05) is 0 Å². The first-order valence-corrected chi connectivity index (χ1v) is 5.02. The molecule has 5 nitrogen and oxygen atoms in total. The number of anilines is 1. The lowest BCUT2D eigenvalue weighted by Crippen LogP contribution is -2.13. The number of halogens is 1. The Bertz CT molecular complexity index is 495. The standard InChI is InChI=1S/C9H6FN3O2S/c10-5-2-1-3-6(14)8(5)9(15)12-7-4-11-13-16-7/h1-4,14H,(H,12,15). The van der Waals surface area contributed by atoms with Gasteiger partial charge in [-0.25, -0.2) is 4.39 Å². The van der Waals surface area contributed by atoms with Crippen molar-refractivity contribution in [2.45, 2.75) is 0 Å². The zero-order valence-corrected chi connectivity index (χ0v) is 8.66. The van der Waals surface area contributed by atoms with Gasteiger partial charge >= 0.3 is 0 Å². The molecule has 0 saturated carbocycles. The monoisotopic (exact) mass is 239 g/mol. The quantitative estimate of drug-likeness (QED) is 0.835. The lowest BCUT2D eigenvalue weighted by atomic mass is 10.2. The van der Waals surface area contributed by atoms with Gasteiger partial charge in [-0.3, -0.25) is 4.79 Å². The van der Waals surface area contributed by atoms with Crippen molar-refractivity contribution >= 4 is 22.4 Å². The number of aromatic nitrogens is 2. The molecule has 0 radical (unpaired) electrons.